The third-order valence-corrected chi connectivity index (χ3v) is 5.63. The van der Waals surface area contributed by atoms with E-state index < -0.39 is 0 Å². The minimum absolute atomic E-state index is 0.280. The van der Waals surface area contributed by atoms with Crippen molar-refractivity contribution in [3.63, 3.8) is 0 Å². The number of benzene rings is 3. The van der Waals surface area contributed by atoms with Gasteiger partial charge in [0.1, 0.15) is 19.0 Å². The first-order valence-electron chi connectivity index (χ1n) is 11.0. The maximum atomic E-state index is 12.1. The number of carbonyl (C=O) groups is 1. The molecule has 1 amide bonds. The van der Waals surface area contributed by atoms with E-state index in [-0.39, 0.29) is 5.91 Å². The third kappa shape index (κ3) is 6.84. The van der Waals surface area contributed by atoms with Crippen LogP contribution in [0.4, 0.5) is 0 Å². The maximum Gasteiger partial charge on any atom is 0.271 e. The Hall–Kier alpha value is -3.32. The molecule has 0 fully saturated rings. The Balaban J connectivity index is 1.60. The van der Waals surface area contributed by atoms with Crippen LogP contribution in [-0.4, -0.2) is 32.4 Å². The van der Waals surface area contributed by atoms with Crippen molar-refractivity contribution >= 4 is 28.1 Å². The number of hydrogen-bond acceptors (Lipinski definition) is 5. The molecule has 0 heterocycles. The summed E-state index contributed by atoms with van der Waals surface area (Å²) >= 11 is 3.54. The predicted molar refractivity (Wildman–Crippen MR) is 138 cm³/mol. The van der Waals surface area contributed by atoms with Crippen molar-refractivity contribution < 1.29 is 19.0 Å². The van der Waals surface area contributed by atoms with Crippen LogP contribution in [0.1, 0.15) is 46.8 Å². The number of amides is 1. The van der Waals surface area contributed by atoms with Crippen molar-refractivity contribution in [2.45, 2.75) is 26.7 Å². The first kappa shape index (κ1) is 25.3. The highest BCUT2D eigenvalue weighted by molar-refractivity contribution is 9.10. The Labute approximate surface area is 209 Å². The molecular weight excluding hydrogens is 496 g/mol. The molecule has 178 valence electrons. The zero-order valence-electron chi connectivity index (χ0n) is 19.8. The van der Waals surface area contributed by atoms with Gasteiger partial charge < -0.3 is 14.2 Å². The van der Waals surface area contributed by atoms with Gasteiger partial charge in [-0.1, -0.05) is 44.2 Å². The maximum absolute atomic E-state index is 12.1. The molecule has 6 nitrogen and oxygen atoms in total. The van der Waals surface area contributed by atoms with Crippen molar-refractivity contribution in [3.8, 4) is 17.2 Å². The Kier molecular flexibility index (Phi) is 9.10. The Morgan fingerprint density at radius 1 is 1.03 bits per heavy atom. The number of hydrazone groups is 1. The second-order valence-electron chi connectivity index (χ2n) is 7.99. The van der Waals surface area contributed by atoms with Crippen LogP contribution in [0.2, 0.25) is 0 Å². The van der Waals surface area contributed by atoms with E-state index in [1.807, 2.05) is 19.1 Å². The molecule has 7 heteroatoms. The SMILES string of the molecule is COc1cc(/C=N\NC(=O)c2ccccc2)cc(Br)c1OCCOc1cc(C)ccc1C(C)C. The van der Waals surface area contributed by atoms with Gasteiger partial charge in [-0.05, 0) is 75.8 Å². The number of aryl methyl sites for hydroxylation is 1. The van der Waals surface area contributed by atoms with E-state index in [9.17, 15) is 4.79 Å². The molecule has 0 bridgehead atoms. The number of rotatable bonds is 10. The highest BCUT2D eigenvalue weighted by Gasteiger charge is 2.13. The van der Waals surface area contributed by atoms with Gasteiger partial charge in [-0.3, -0.25) is 4.79 Å². The lowest BCUT2D eigenvalue weighted by Crippen LogP contribution is -2.17. The fraction of sp³-hybridized carbons (Fsp3) is 0.259. The monoisotopic (exact) mass is 524 g/mol. The average molecular weight is 525 g/mol. The largest absolute Gasteiger partial charge is 0.493 e. The van der Waals surface area contributed by atoms with Gasteiger partial charge in [-0.2, -0.15) is 5.10 Å². The topological polar surface area (TPSA) is 69.2 Å². The van der Waals surface area contributed by atoms with Gasteiger partial charge in [0.25, 0.3) is 5.91 Å². The molecule has 0 atom stereocenters. The van der Waals surface area contributed by atoms with E-state index in [1.54, 1.807) is 43.7 Å². The highest BCUT2D eigenvalue weighted by atomic mass is 79.9. The van der Waals surface area contributed by atoms with Crippen molar-refractivity contribution in [2.75, 3.05) is 20.3 Å². The van der Waals surface area contributed by atoms with Crippen LogP contribution in [0, 0.1) is 6.92 Å². The first-order chi connectivity index (χ1) is 16.4. The number of nitrogens with one attached hydrogen (secondary N) is 1. The summed E-state index contributed by atoms with van der Waals surface area (Å²) in [5, 5.41) is 4.04. The van der Waals surface area contributed by atoms with Gasteiger partial charge in [0, 0.05) is 5.56 Å². The van der Waals surface area contributed by atoms with Crippen LogP contribution >= 0.6 is 15.9 Å². The third-order valence-electron chi connectivity index (χ3n) is 5.05. The number of carbonyl (C=O) groups excluding carboxylic acids is 1. The van der Waals surface area contributed by atoms with Gasteiger partial charge in [0.05, 0.1) is 17.8 Å². The van der Waals surface area contributed by atoms with Crippen LogP contribution in [-0.2, 0) is 0 Å². The van der Waals surface area contributed by atoms with Crippen LogP contribution in [0.15, 0.2) is 70.2 Å². The number of ether oxygens (including phenoxy) is 3. The van der Waals surface area contributed by atoms with Gasteiger partial charge in [-0.15, -0.1) is 0 Å². The molecule has 0 unspecified atom stereocenters. The van der Waals surface area contributed by atoms with Crippen LogP contribution in [0.5, 0.6) is 17.2 Å². The lowest BCUT2D eigenvalue weighted by Gasteiger charge is -2.16. The fourth-order valence-corrected chi connectivity index (χ4v) is 3.89. The van der Waals surface area contributed by atoms with E-state index >= 15 is 0 Å². The Morgan fingerprint density at radius 2 is 1.76 bits per heavy atom. The van der Waals surface area contributed by atoms with E-state index in [0.29, 0.717) is 40.7 Å². The molecule has 0 saturated heterocycles. The number of nitrogens with zero attached hydrogens (tertiary/aromatic N) is 1. The van der Waals surface area contributed by atoms with Gasteiger partial charge in [-0.25, -0.2) is 5.43 Å². The molecule has 34 heavy (non-hydrogen) atoms. The summed E-state index contributed by atoms with van der Waals surface area (Å²) in [6.07, 6.45) is 1.55. The van der Waals surface area contributed by atoms with Crippen molar-refractivity contribution in [2.24, 2.45) is 5.10 Å². The first-order valence-corrected chi connectivity index (χ1v) is 11.8. The number of hydrogen-bond donors (Lipinski definition) is 1. The zero-order chi connectivity index (χ0) is 24.5. The molecule has 0 aliphatic carbocycles. The minimum Gasteiger partial charge on any atom is -0.493 e. The normalized spacial score (nSPS) is 11.0. The summed E-state index contributed by atoms with van der Waals surface area (Å²) < 4.78 is 18.2. The summed E-state index contributed by atoms with van der Waals surface area (Å²) in [6.45, 7) is 7.09. The molecule has 3 rings (SSSR count). The molecular formula is C27H29BrN2O4. The highest BCUT2D eigenvalue weighted by Crippen LogP contribution is 2.36. The summed E-state index contributed by atoms with van der Waals surface area (Å²) in [4.78, 5) is 12.1. The molecule has 0 aliphatic heterocycles. The van der Waals surface area contributed by atoms with E-state index in [4.69, 9.17) is 14.2 Å². The van der Waals surface area contributed by atoms with Gasteiger partial charge >= 0.3 is 0 Å². The summed E-state index contributed by atoms with van der Waals surface area (Å²) in [5.74, 6) is 2.09. The molecule has 0 radical (unpaired) electrons. The fourth-order valence-electron chi connectivity index (χ4n) is 3.31. The molecule has 0 spiro atoms. The molecule has 0 aromatic heterocycles. The molecule has 1 N–H and O–H groups in total. The van der Waals surface area contributed by atoms with Crippen molar-refractivity contribution in [1.29, 1.82) is 0 Å². The smallest absolute Gasteiger partial charge is 0.271 e. The predicted octanol–water partition coefficient (Wildman–Crippen LogP) is 6.11. The summed E-state index contributed by atoms with van der Waals surface area (Å²) in [6, 6.07) is 18.8. The summed E-state index contributed by atoms with van der Waals surface area (Å²) in [5.41, 5.74) is 6.12. The molecule has 0 saturated carbocycles. The van der Waals surface area contributed by atoms with E-state index in [1.165, 1.54) is 5.56 Å². The lowest BCUT2D eigenvalue weighted by atomic mass is 10.0. The number of halogens is 1. The van der Waals surface area contributed by atoms with Crippen molar-refractivity contribution in [3.05, 3.63) is 87.4 Å². The second kappa shape index (κ2) is 12.2. The van der Waals surface area contributed by atoms with Gasteiger partial charge in [0.2, 0.25) is 0 Å². The van der Waals surface area contributed by atoms with E-state index in [0.717, 1.165) is 16.9 Å². The van der Waals surface area contributed by atoms with E-state index in [2.05, 4.69) is 58.5 Å². The number of methoxy groups -OCH3 is 1. The molecule has 3 aromatic rings. The lowest BCUT2D eigenvalue weighted by molar-refractivity contribution is 0.0955. The van der Waals surface area contributed by atoms with Crippen LogP contribution in [0.25, 0.3) is 0 Å². The second-order valence-corrected chi connectivity index (χ2v) is 8.85. The standard InChI is InChI=1S/C27H29BrN2O4/c1-18(2)22-11-10-19(3)14-24(22)33-12-13-34-26-23(28)15-20(16-25(26)32-4)17-29-30-27(31)21-8-6-5-7-9-21/h5-11,14-18H,12-13H2,1-4H3,(H,30,31)/b29-17-. The van der Waals surface area contributed by atoms with Crippen LogP contribution < -0.4 is 19.6 Å². The zero-order valence-corrected chi connectivity index (χ0v) is 21.4. The Morgan fingerprint density at radius 3 is 2.47 bits per heavy atom. The molecule has 3 aromatic carbocycles. The Bertz CT molecular complexity index is 1150. The average Bonchev–Trinajstić information content (AvgIpc) is 2.82. The molecule has 0 aliphatic rings. The quantitative estimate of drug-likeness (QED) is 0.197. The van der Waals surface area contributed by atoms with Crippen molar-refractivity contribution in [1.82, 2.24) is 5.43 Å². The minimum atomic E-state index is -0.280. The summed E-state index contributed by atoms with van der Waals surface area (Å²) in [7, 11) is 1.57. The van der Waals surface area contributed by atoms with Gasteiger partial charge in [0.15, 0.2) is 11.5 Å². The van der Waals surface area contributed by atoms with Crippen LogP contribution in [0.3, 0.4) is 0 Å².